The van der Waals surface area contributed by atoms with Gasteiger partial charge in [-0.05, 0) is 20.3 Å². The highest BCUT2D eigenvalue weighted by Crippen LogP contribution is 2.60. The molecule has 0 radical (unpaired) electrons. The number of rotatable bonds is 3. The Labute approximate surface area is 123 Å². The maximum absolute atomic E-state index is 12.1. The highest BCUT2D eigenvalue weighted by atomic mass is 16.7. The molecule has 5 atom stereocenters. The first-order valence-corrected chi connectivity index (χ1v) is 7.21. The van der Waals surface area contributed by atoms with Crippen LogP contribution in [0.4, 0.5) is 4.79 Å². The molecule has 0 aromatic carbocycles. The summed E-state index contributed by atoms with van der Waals surface area (Å²) in [6.07, 6.45) is 0.990. The first kappa shape index (κ1) is 14.2. The Morgan fingerprint density at radius 2 is 2.29 bits per heavy atom. The number of fused-ring (bicyclic) bond motifs is 3. The van der Waals surface area contributed by atoms with E-state index in [9.17, 15) is 9.59 Å². The smallest absolute Gasteiger partial charge is 0.409 e. The van der Waals surface area contributed by atoms with E-state index in [1.165, 1.54) is 13.3 Å². The normalized spacial score (nSPS) is 39.3. The first-order valence-electron chi connectivity index (χ1n) is 7.21. The van der Waals surface area contributed by atoms with Crippen molar-refractivity contribution in [3.8, 4) is 0 Å². The number of carbonyl (C=O) groups is 2. The minimum atomic E-state index is -0.731. The average Bonchev–Trinajstić information content (AvgIpc) is 3.01. The van der Waals surface area contributed by atoms with Crippen LogP contribution < -0.4 is 10.6 Å². The molecule has 7 nitrogen and oxygen atoms in total. The fourth-order valence-corrected chi connectivity index (χ4v) is 3.47. The van der Waals surface area contributed by atoms with Crippen molar-refractivity contribution in [2.24, 2.45) is 11.8 Å². The maximum atomic E-state index is 12.1. The molecule has 0 bridgehead atoms. The van der Waals surface area contributed by atoms with Gasteiger partial charge in [0.15, 0.2) is 0 Å². The number of hydrogen-bond donors (Lipinski definition) is 2. The summed E-state index contributed by atoms with van der Waals surface area (Å²) >= 11 is 0. The van der Waals surface area contributed by atoms with Crippen molar-refractivity contribution in [1.29, 1.82) is 0 Å². The molecule has 7 heteroatoms. The summed E-state index contributed by atoms with van der Waals surface area (Å²) in [6.45, 7) is 4.41. The zero-order chi connectivity index (χ0) is 15.2. The van der Waals surface area contributed by atoms with Gasteiger partial charge in [0, 0.05) is 19.5 Å². The van der Waals surface area contributed by atoms with E-state index in [0.29, 0.717) is 12.1 Å². The van der Waals surface area contributed by atoms with Gasteiger partial charge >= 0.3 is 6.09 Å². The molecule has 2 N–H and O–H groups in total. The second-order valence-electron chi connectivity index (χ2n) is 5.75. The van der Waals surface area contributed by atoms with Gasteiger partial charge in [-0.25, -0.2) is 4.79 Å². The predicted octanol–water partition coefficient (Wildman–Crippen LogP) is 0.512. The minimum absolute atomic E-state index is 0.0105. The van der Waals surface area contributed by atoms with Gasteiger partial charge in [-0.1, -0.05) is 0 Å². The fraction of sp³-hybridized carbons (Fsp3) is 0.714. The predicted molar refractivity (Wildman–Crippen MR) is 72.1 cm³/mol. The van der Waals surface area contributed by atoms with Gasteiger partial charge in [0.1, 0.15) is 5.60 Å². The molecule has 1 aliphatic carbocycles. The molecule has 2 amide bonds. The third-order valence-electron chi connectivity index (χ3n) is 4.59. The summed E-state index contributed by atoms with van der Waals surface area (Å²) < 4.78 is 16.5. The van der Waals surface area contributed by atoms with Gasteiger partial charge in [0.05, 0.1) is 23.9 Å². The Morgan fingerprint density at radius 1 is 1.52 bits per heavy atom. The van der Waals surface area contributed by atoms with Gasteiger partial charge in [-0.2, -0.15) is 0 Å². The lowest BCUT2D eigenvalue weighted by molar-refractivity contribution is -0.142. The molecule has 2 fully saturated rings. The van der Waals surface area contributed by atoms with E-state index in [2.05, 4.69) is 10.6 Å². The molecule has 1 saturated heterocycles. The zero-order valence-electron chi connectivity index (χ0n) is 12.3. The zero-order valence-corrected chi connectivity index (χ0v) is 12.3. The van der Waals surface area contributed by atoms with Crippen molar-refractivity contribution >= 4 is 12.0 Å². The van der Waals surface area contributed by atoms with E-state index in [4.69, 9.17) is 14.2 Å². The number of epoxide rings is 1. The number of carbonyl (C=O) groups excluding carboxylic acids is 2. The molecule has 1 saturated carbocycles. The second kappa shape index (κ2) is 4.91. The van der Waals surface area contributed by atoms with Crippen LogP contribution in [-0.4, -0.2) is 43.6 Å². The Morgan fingerprint density at radius 3 is 2.95 bits per heavy atom. The molecule has 21 heavy (non-hydrogen) atoms. The molecule has 0 aromatic heterocycles. The van der Waals surface area contributed by atoms with Crippen LogP contribution >= 0.6 is 0 Å². The number of nitrogens with one attached hydrogen (secondary N) is 2. The van der Waals surface area contributed by atoms with Gasteiger partial charge in [0.25, 0.3) is 12.2 Å². The van der Waals surface area contributed by atoms with Crippen molar-refractivity contribution in [1.82, 2.24) is 10.6 Å². The SMILES string of the molecule is CCNC(=O)C1=COC(OC(=O)NC)C2C1CC1OC12C. The van der Waals surface area contributed by atoms with Crippen molar-refractivity contribution in [3.63, 3.8) is 0 Å². The maximum Gasteiger partial charge on any atom is 0.409 e. The molecule has 2 aliphatic heterocycles. The average molecular weight is 296 g/mol. The van der Waals surface area contributed by atoms with E-state index < -0.39 is 12.4 Å². The Hall–Kier alpha value is -1.76. The lowest BCUT2D eigenvalue weighted by Gasteiger charge is -2.36. The van der Waals surface area contributed by atoms with E-state index in [0.717, 1.165) is 6.42 Å². The Balaban J connectivity index is 1.83. The highest BCUT2D eigenvalue weighted by molar-refractivity contribution is 5.94. The summed E-state index contributed by atoms with van der Waals surface area (Å²) in [5.74, 6) is -0.304. The molecular formula is C14H20N2O5. The van der Waals surface area contributed by atoms with Crippen LogP contribution in [0.25, 0.3) is 0 Å². The second-order valence-corrected chi connectivity index (χ2v) is 5.75. The van der Waals surface area contributed by atoms with Gasteiger partial charge in [-0.3, -0.25) is 4.79 Å². The molecule has 5 unspecified atom stereocenters. The van der Waals surface area contributed by atoms with Crippen LogP contribution in [0, 0.1) is 11.8 Å². The van der Waals surface area contributed by atoms with E-state index >= 15 is 0 Å². The number of likely N-dealkylation sites (N-methyl/N-ethyl adjacent to an activating group) is 1. The standard InChI is InChI=1S/C14H20N2O5/c1-4-16-11(17)8-6-19-12(20-13(18)15-3)10-7(8)5-9-14(10,2)21-9/h6-7,9-10,12H,4-5H2,1-3H3,(H,15,18)(H,16,17). The third kappa shape index (κ3) is 2.16. The molecule has 0 aromatic rings. The van der Waals surface area contributed by atoms with Gasteiger partial charge in [-0.15, -0.1) is 0 Å². The molecule has 3 aliphatic rings. The molecular weight excluding hydrogens is 276 g/mol. The van der Waals surface area contributed by atoms with Crippen molar-refractivity contribution < 1.29 is 23.8 Å². The number of ether oxygens (including phenoxy) is 3. The van der Waals surface area contributed by atoms with Gasteiger partial charge < -0.3 is 24.8 Å². The van der Waals surface area contributed by atoms with Crippen LogP contribution in [0.5, 0.6) is 0 Å². The first-order chi connectivity index (χ1) is 10.0. The quantitative estimate of drug-likeness (QED) is 0.741. The topological polar surface area (TPSA) is 89.2 Å². The lowest BCUT2D eigenvalue weighted by Crippen LogP contribution is -2.45. The van der Waals surface area contributed by atoms with Crippen molar-refractivity contribution in [3.05, 3.63) is 11.8 Å². The summed E-state index contributed by atoms with van der Waals surface area (Å²) in [5.41, 5.74) is 0.227. The molecule has 3 rings (SSSR count). The minimum Gasteiger partial charge on any atom is -0.461 e. The van der Waals surface area contributed by atoms with Crippen LogP contribution in [0.1, 0.15) is 20.3 Å². The summed E-state index contributed by atoms with van der Waals surface area (Å²) in [4.78, 5) is 23.6. The Kier molecular flexibility index (Phi) is 3.32. The molecule has 116 valence electrons. The van der Waals surface area contributed by atoms with Crippen molar-refractivity contribution in [2.75, 3.05) is 13.6 Å². The van der Waals surface area contributed by atoms with Gasteiger partial charge in [0.2, 0.25) is 0 Å². The van der Waals surface area contributed by atoms with Crippen LogP contribution in [0.2, 0.25) is 0 Å². The number of alkyl carbamates (subject to hydrolysis) is 1. The monoisotopic (exact) mass is 296 g/mol. The third-order valence-corrected chi connectivity index (χ3v) is 4.59. The highest BCUT2D eigenvalue weighted by Gasteiger charge is 2.70. The van der Waals surface area contributed by atoms with Crippen LogP contribution in [0.3, 0.4) is 0 Å². The number of hydrogen-bond acceptors (Lipinski definition) is 5. The van der Waals surface area contributed by atoms with E-state index in [1.807, 2.05) is 13.8 Å². The summed E-state index contributed by atoms with van der Waals surface area (Å²) in [6, 6.07) is 0. The van der Waals surface area contributed by atoms with Crippen molar-refractivity contribution in [2.45, 2.75) is 38.3 Å². The number of amides is 2. The molecule has 2 heterocycles. The summed E-state index contributed by atoms with van der Waals surface area (Å²) in [7, 11) is 1.49. The lowest BCUT2D eigenvalue weighted by atomic mass is 9.82. The summed E-state index contributed by atoms with van der Waals surface area (Å²) in [5, 5.41) is 5.19. The largest absolute Gasteiger partial charge is 0.461 e. The Bertz CT molecular complexity index is 506. The fourth-order valence-electron chi connectivity index (χ4n) is 3.47. The van der Waals surface area contributed by atoms with Crippen LogP contribution in [0.15, 0.2) is 11.8 Å². The molecule has 0 spiro atoms. The van der Waals surface area contributed by atoms with E-state index in [1.54, 1.807) is 0 Å². The van der Waals surface area contributed by atoms with Crippen LogP contribution in [-0.2, 0) is 19.0 Å². The van der Waals surface area contributed by atoms with E-state index in [-0.39, 0.29) is 29.4 Å².